The lowest BCUT2D eigenvalue weighted by Gasteiger charge is -2.26. The third kappa shape index (κ3) is 3.32. The number of carboxylic acids is 1. The van der Waals surface area contributed by atoms with Crippen LogP contribution in [0.1, 0.15) is 18.4 Å². The van der Waals surface area contributed by atoms with Crippen LogP contribution < -0.4 is 14.8 Å². The van der Waals surface area contributed by atoms with Gasteiger partial charge in [0.25, 0.3) is 0 Å². The molecule has 4 rings (SSSR count). The van der Waals surface area contributed by atoms with Crippen molar-refractivity contribution in [1.29, 1.82) is 0 Å². The summed E-state index contributed by atoms with van der Waals surface area (Å²) in [5.41, 5.74) is 1.51. The molecule has 2 atom stereocenters. The van der Waals surface area contributed by atoms with E-state index < -0.39 is 12.6 Å². The van der Waals surface area contributed by atoms with Crippen LogP contribution in [0, 0.1) is 5.92 Å². The molecule has 6 nitrogen and oxygen atoms in total. The van der Waals surface area contributed by atoms with Gasteiger partial charge in [-0.15, -0.1) is 0 Å². The van der Waals surface area contributed by atoms with E-state index in [9.17, 15) is 9.59 Å². The van der Waals surface area contributed by atoms with E-state index in [0.29, 0.717) is 12.3 Å². The highest BCUT2D eigenvalue weighted by molar-refractivity contribution is 6.32. The Morgan fingerprint density at radius 2 is 2.11 bits per heavy atom. The van der Waals surface area contributed by atoms with Gasteiger partial charge in [0.1, 0.15) is 11.5 Å². The number of ether oxygens (including phenoxy) is 2. The Morgan fingerprint density at radius 1 is 1.30 bits per heavy atom. The first kappa shape index (κ1) is 17.7. The second kappa shape index (κ2) is 6.78. The lowest BCUT2D eigenvalue weighted by Crippen LogP contribution is -2.26. The minimum Gasteiger partial charge on any atom is -0.493 e. The normalized spacial score (nSPS) is 22.5. The zero-order valence-electron chi connectivity index (χ0n) is 14.4. The minimum atomic E-state index is -1.08. The summed E-state index contributed by atoms with van der Waals surface area (Å²) in [4.78, 5) is 23.3. The van der Waals surface area contributed by atoms with Gasteiger partial charge in [-0.2, -0.15) is 0 Å². The Morgan fingerprint density at radius 3 is 2.89 bits per heavy atom. The number of aliphatic carboxylic acids is 1. The summed E-state index contributed by atoms with van der Waals surface area (Å²) in [5, 5.41) is 11.8. The molecule has 2 aliphatic rings. The first-order chi connectivity index (χ1) is 13.0. The Bertz CT molecular complexity index is 915. The van der Waals surface area contributed by atoms with E-state index in [4.69, 9.17) is 26.2 Å². The molecular weight excluding hydrogens is 370 g/mol. The molecule has 2 aromatic rings. The Balaban J connectivity index is 1.45. The first-order valence-electron chi connectivity index (χ1n) is 8.67. The van der Waals surface area contributed by atoms with Crippen molar-refractivity contribution in [3.63, 3.8) is 0 Å². The summed E-state index contributed by atoms with van der Waals surface area (Å²) < 4.78 is 10.8. The molecule has 2 N–H and O–H groups in total. The van der Waals surface area contributed by atoms with Crippen LogP contribution in [0.25, 0.3) is 0 Å². The smallest absolute Gasteiger partial charge is 0.341 e. The fourth-order valence-corrected chi connectivity index (χ4v) is 4.00. The lowest BCUT2D eigenvalue weighted by molar-refractivity contribution is -0.139. The Kier molecular flexibility index (Phi) is 4.44. The van der Waals surface area contributed by atoms with Crippen molar-refractivity contribution in [3.8, 4) is 11.5 Å². The number of carbonyl (C=O) groups is 2. The van der Waals surface area contributed by atoms with Crippen LogP contribution in [-0.4, -0.2) is 30.2 Å². The van der Waals surface area contributed by atoms with E-state index in [-0.39, 0.29) is 28.0 Å². The van der Waals surface area contributed by atoms with E-state index in [1.165, 1.54) is 0 Å². The van der Waals surface area contributed by atoms with E-state index in [0.717, 1.165) is 24.2 Å². The number of nitrogens with one attached hydrogen (secondary N) is 1. The summed E-state index contributed by atoms with van der Waals surface area (Å²) in [6.45, 7) is 0.139. The number of rotatable bonds is 5. The molecule has 1 saturated carbocycles. The van der Waals surface area contributed by atoms with E-state index >= 15 is 0 Å². The summed E-state index contributed by atoms with van der Waals surface area (Å²) >= 11 is 6.11. The van der Waals surface area contributed by atoms with Gasteiger partial charge in [-0.25, -0.2) is 4.79 Å². The van der Waals surface area contributed by atoms with Crippen molar-refractivity contribution in [2.75, 3.05) is 18.5 Å². The van der Waals surface area contributed by atoms with Crippen molar-refractivity contribution in [1.82, 2.24) is 0 Å². The SMILES string of the molecule is O=C(O)COc1ccc(NC(=O)[C@@H]2C[C@]23CCOc2ccccc23)cc1Cl. The molecule has 1 aliphatic carbocycles. The van der Waals surface area contributed by atoms with Crippen molar-refractivity contribution in [2.45, 2.75) is 18.3 Å². The molecule has 0 saturated heterocycles. The molecular formula is C20H18ClNO5. The van der Waals surface area contributed by atoms with Gasteiger partial charge < -0.3 is 19.9 Å². The molecule has 0 radical (unpaired) electrons. The van der Waals surface area contributed by atoms with Gasteiger partial charge in [0.15, 0.2) is 6.61 Å². The van der Waals surface area contributed by atoms with Crippen LogP contribution in [0.3, 0.4) is 0 Å². The van der Waals surface area contributed by atoms with Crippen LogP contribution in [0.4, 0.5) is 5.69 Å². The summed E-state index contributed by atoms with van der Waals surface area (Å²) in [7, 11) is 0. The fraction of sp³-hybridized carbons (Fsp3) is 0.300. The van der Waals surface area contributed by atoms with E-state index in [2.05, 4.69) is 5.32 Å². The van der Waals surface area contributed by atoms with Gasteiger partial charge in [0.05, 0.1) is 11.6 Å². The Labute approximate surface area is 161 Å². The van der Waals surface area contributed by atoms with E-state index in [1.807, 2.05) is 24.3 Å². The highest BCUT2D eigenvalue weighted by Crippen LogP contribution is 2.60. The third-order valence-electron chi connectivity index (χ3n) is 5.17. The monoisotopic (exact) mass is 387 g/mol. The first-order valence-corrected chi connectivity index (χ1v) is 9.05. The summed E-state index contributed by atoms with van der Waals surface area (Å²) in [6, 6.07) is 12.6. The predicted octanol–water partition coefficient (Wildman–Crippen LogP) is 3.48. The zero-order valence-corrected chi connectivity index (χ0v) is 15.2. The maximum absolute atomic E-state index is 12.8. The molecule has 0 unspecified atom stereocenters. The summed E-state index contributed by atoms with van der Waals surface area (Å²) in [6.07, 6.45) is 1.62. The number of para-hydroxylation sites is 1. The maximum atomic E-state index is 12.8. The standard InChI is InChI=1S/C20H18ClNO5/c21-15-9-12(5-6-17(15)27-11-18(23)24)22-19(25)14-10-20(14)7-8-26-16-4-2-1-3-13(16)20/h1-6,9,14H,7-8,10-11H2,(H,22,25)(H,23,24)/t14-,20-/m0/s1. The molecule has 0 aromatic heterocycles. The second-order valence-electron chi connectivity index (χ2n) is 6.82. The van der Waals surface area contributed by atoms with Crippen molar-refractivity contribution >= 4 is 29.2 Å². The number of benzene rings is 2. The number of fused-ring (bicyclic) bond motifs is 2. The molecule has 1 amide bonds. The quantitative estimate of drug-likeness (QED) is 0.820. The second-order valence-corrected chi connectivity index (χ2v) is 7.23. The number of anilines is 1. The highest BCUT2D eigenvalue weighted by atomic mass is 35.5. The molecule has 140 valence electrons. The van der Waals surface area contributed by atoms with Crippen molar-refractivity contribution < 1.29 is 24.2 Å². The van der Waals surface area contributed by atoms with Crippen LogP contribution in [0.5, 0.6) is 11.5 Å². The zero-order chi connectivity index (χ0) is 19.0. The highest BCUT2D eigenvalue weighted by Gasteiger charge is 2.60. The topological polar surface area (TPSA) is 84.9 Å². The average molecular weight is 388 g/mol. The average Bonchev–Trinajstić information content (AvgIpc) is 3.36. The molecule has 27 heavy (non-hydrogen) atoms. The lowest BCUT2D eigenvalue weighted by atomic mass is 9.87. The van der Waals surface area contributed by atoms with Gasteiger partial charge in [-0.05, 0) is 37.1 Å². The Hall–Kier alpha value is -2.73. The molecule has 0 bridgehead atoms. The van der Waals surface area contributed by atoms with Gasteiger partial charge in [-0.1, -0.05) is 29.8 Å². The number of amides is 1. The van der Waals surface area contributed by atoms with E-state index in [1.54, 1.807) is 18.2 Å². The minimum absolute atomic E-state index is 0.0537. The summed E-state index contributed by atoms with van der Waals surface area (Å²) in [5.74, 6) is -0.120. The van der Waals surface area contributed by atoms with Gasteiger partial charge in [-0.3, -0.25) is 4.79 Å². The number of carboxylic acid groups (broad SMARTS) is 1. The van der Waals surface area contributed by atoms with Crippen LogP contribution in [0.2, 0.25) is 5.02 Å². The number of hydrogen-bond donors (Lipinski definition) is 2. The molecule has 1 fully saturated rings. The molecule has 7 heteroatoms. The number of hydrogen-bond acceptors (Lipinski definition) is 4. The molecule has 1 heterocycles. The third-order valence-corrected chi connectivity index (χ3v) is 5.47. The van der Waals surface area contributed by atoms with Gasteiger partial charge in [0.2, 0.25) is 5.91 Å². The fourth-order valence-electron chi connectivity index (χ4n) is 3.77. The van der Waals surface area contributed by atoms with Crippen LogP contribution >= 0.6 is 11.6 Å². The van der Waals surface area contributed by atoms with Crippen molar-refractivity contribution in [2.24, 2.45) is 5.92 Å². The number of carbonyl (C=O) groups excluding carboxylic acids is 1. The van der Waals surface area contributed by atoms with Crippen LogP contribution in [0.15, 0.2) is 42.5 Å². The maximum Gasteiger partial charge on any atom is 0.341 e. The molecule has 2 aromatic carbocycles. The molecule has 1 aliphatic heterocycles. The largest absolute Gasteiger partial charge is 0.493 e. The van der Waals surface area contributed by atoms with Gasteiger partial charge >= 0.3 is 5.97 Å². The van der Waals surface area contributed by atoms with Crippen molar-refractivity contribution in [3.05, 3.63) is 53.1 Å². The number of halogens is 1. The molecule has 1 spiro atoms. The van der Waals surface area contributed by atoms with Gasteiger partial charge in [0, 0.05) is 22.6 Å². The van der Waals surface area contributed by atoms with Crippen LogP contribution in [-0.2, 0) is 15.0 Å². The predicted molar refractivity (Wildman–Crippen MR) is 99.6 cm³/mol.